The van der Waals surface area contributed by atoms with E-state index in [4.69, 9.17) is 4.98 Å². The van der Waals surface area contributed by atoms with Crippen molar-refractivity contribution >= 4 is 22.5 Å². The number of anilines is 1. The molecule has 2 aromatic carbocycles. The quantitative estimate of drug-likeness (QED) is 0.714. The molecule has 0 saturated carbocycles. The molecule has 6 nitrogen and oxygen atoms in total. The van der Waals surface area contributed by atoms with Crippen LogP contribution in [0.25, 0.3) is 10.9 Å². The molecule has 0 bridgehead atoms. The van der Waals surface area contributed by atoms with E-state index in [1.807, 2.05) is 37.3 Å². The van der Waals surface area contributed by atoms with Crippen LogP contribution < -0.4 is 10.9 Å². The summed E-state index contributed by atoms with van der Waals surface area (Å²) in [6.07, 6.45) is 1.95. The number of carbonyl (C=O) groups excluding carboxylic acids is 1. The monoisotopic (exact) mass is 390 g/mol. The van der Waals surface area contributed by atoms with Crippen molar-refractivity contribution in [2.45, 2.75) is 39.2 Å². The lowest BCUT2D eigenvalue weighted by molar-refractivity contribution is -0.114. The Hall–Kier alpha value is -2.99. The Morgan fingerprint density at radius 3 is 2.59 bits per heavy atom. The van der Waals surface area contributed by atoms with Gasteiger partial charge in [-0.3, -0.25) is 14.5 Å². The SMILES string of the molecule is CC(=O)Nc1ccc(CN2CCC(c3nc4ccc(C)cc4c(=O)[nH]3)CC2)cc1. The lowest BCUT2D eigenvalue weighted by Crippen LogP contribution is -2.33. The summed E-state index contributed by atoms with van der Waals surface area (Å²) >= 11 is 0. The molecule has 1 saturated heterocycles. The molecule has 0 atom stereocenters. The molecule has 4 rings (SSSR count). The second-order valence-corrected chi connectivity index (χ2v) is 7.90. The molecule has 150 valence electrons. The van der Waals surface area contributed by atoms with Crippen molar-refractivity contribution < 1.29 is 4.79 Å². The number of aromatic amines is 1. The van der Waals surface area contributed by atoms with Crippen LogP contribution in [0.1, 0.15) is 42.6 Å². The Balaban J connectivity index is 1.39. The zero-order valence-corrected chi connectivity index (χ0v) is 16.9. The van der Waals surface area contributed by atoms with Crippen LogP contribution in [-0.2, 0) is 11.3 Å². The number of aryl methyl sites for hydroxylation is 1. The highest BCUT2D eigenvalue weighted by Crippen LogP contribution is 2.27. The lowest BCUT2D eigenvalue weighted by atomic mass is 9.95. The van der Waals surface area contributed by atoms with Crippen LogP contribution in [0.15, 0.2) is 47.3 Å². The number of piperidine rings is 1. The van der Waals surface area contributed by atoms with Gasteiger partial charge in [0.25, 0.3) is 5.56 Å². The predicted octanol–water partition coefficient (Wildman–Crippen LogP) is 3.57. The maximum absolute atomic E-state index is 12.5. The molecule has 0 aliphatic carbocycles. The van der Waals surface area contributed by atoms with Crippen molar-refractivity contribution in [3.05, 3.63) is 69.8 Å². The standard InChI is InChI=1S/C23H26N4O2/c1-15-3-8-21-20(13-15)23(29)26-22(25-21)18-9-11-27(12-10-18)14-17-4-6-19(7-5-17)24-16(2)28/h3-8,13,18H,9-12,14H2,1-2H3,(H,24,28)(H,25,26,29). The number of rotatable bonds is 4. The van der Waals surface area contributed by atoms with E-state index in [-0.39, 0.29) is 17.4 Å². The molecule has 6 heteroatoms. The van der Waals surface area contributed by atoms with E-state index in [9.17, 15) is 9.59 Å². The number of fused-ring (bicyclic) bond motifs is 1. The Labute approximate surface area is 170 Å². The van der Waals surface area contributed by atoms with Gasteiger partial charge in [0, 0.05) is 25.1 Å². The van der Waals surface area contributed by atoms with Crippen LogP contribution in [0, 0.1) is 6.92 Å². The number of aromatic nitrogens is 2. The molecule has 0 radical (unpaired) electrons. The van der Waals surface area contributed by atoms with E-state index in [0.717, 1.165) is 55.1 Å². The average Bonchev–Trinajstić information content (AvgIpc) is 2.70. The van der Waals surface area contributed by atoms with Gasteiger partial charge in [-0.2, -0.15) is 0 Å². The van der Waals surface area contributed by atoms with Gasteiger partial charge in [-0.1, -0.05) is 23.8 Å². The van der Waals surface area contributed by atoms with Crippen molar-refractivity contribution in [1.82, 2.24) is 14.9 Å². The summed E-state index contributed by atoms with van der Waals surface area (Å²) in [4.78, 5) is 33.8. The van der Waals surface area contributed by atoms with Gasteiger partial charge in [-0.05, 0) is 62.7 Å². The number of amides is 1. The molecule has 0 spiro atoms. The second-order valence-electron chi connectivity index (χ2n) is 7.90. The highest BCUT2D eigenvalue weighted by Gasteiger charge is 2.23. The number of benzene rings is 2. The number of hydrogen-bond acceptors (Lipinski definition) is 4. The zero-order valence-electron chi connectivity index (χ0n) is 16.9. The van der Waals surface area contributed by atoms with Crippen LogP contribution in [-0.4, -0.2) is 33.9 Å². The van der Waals surface area contributed by atoms with Crippen molar-refractivity contribution in [3.8, 4) is 0 Å². The maximum atomic E-state index is 12.5. The topological polar surface area (TPSA) is 78.1 Å². The van der Waals surface area contributed by atoms with Gasteiger partial charge in [-0.15, -0.1) is 0 Å². The van der Waals surface area contributed by atoms with E-state index in [1.165, 1.54) is 12.5 Å². The third-order valence-corrected chi connectivity index (χ3v) is 5.53. The molecule has 2 N–H and O–H groups in total. The molecule has 1 aromatic heterocycles. The molecule has 1 amide bonds. The molecule has 0 unspecified atom stereocenters. The molecule has 2 heterocycles. The number of carbonyl (C=O) groups is 1. The Kier molecular flexibility index (Phi) is 5.45. The molecule has 1 fully saturated rings. The van der Waals surface area contributed by atoms with Crippen molar-refractivity contribution in [2.75, 3.05) is 18.4 Å². The fourth-order valence-electron chi connectivity index (χ4n) is 3.98. The number of hydrogen-bond donors (Lipinski definition) is 2. The van der Waals surface area contributed by atoms with Crippen molar-refractivity contribution in [1.29, 1.82) is 0 Å². The predicted molar refractivity (Wildman–Crippen MR) is 115 cm³/mol. The van der Waals surface area contributed by atoms with Gasteiger partial charge in [-0.25, -0.2) is 4.98 Å². The summed E-state index contributed by atoms with van der Waals surface area (Å²) in [7, 11) is 0. The minimum atomic E-state index is -0.0599. The molecule has 29 heavy (non-hydrogen) atoms. The lowest BCUT2D eigenvalue weighted by Gasteiger charge is -2.31. The highest BCUT2D eigenvalue weighted by atomic mass is 16.1. The fraction of sp³-hybridized carbons (Fsp3) is 0.348. The summed E-state index contributed by atoms with van der Waals surface area (Å²) in [6, 6.07) is 13.8. The smallest absolute Gasteiger partial charge is 0.258 e. The molecule has 1 aliphatic heterocycles. The summed E-state index contributed by atoms with van der Waals surface area (Å²) in [5.74, 6) is 1.03. The van der Waals surface area contributed by atoms with Gasteiger partial charge >= 0.3 is 0 Å². The molecule has 1 aliphatic rings. The summed E-state index contributed by atoms with van der Waals surface area (Å²) in [6.45, 7) is 6.31. The van der Waals surface area contributed by atoms with Crippen molar-refractivity contribution in [2.24, 2.45) is 0 Å². The van der Waals surface area contributed by atoms with Crippen LogP contribution >= 0.6 is 0 Å². The van der Waals surface area contributed by atoms with Gasteiger partial charge < -0.3 is 10.3 Å². The van der Waals surface area contributed by atoms with E-state index in [1.54, 1.807) is 0 Å². The number of nitrogens with one attached hydrogen (secondary N) is 2. The van der Waals surface area contributed by atoms with Crippen LogP contribution in [0.3, 0.4) is 0 Å². The maximum Gasteiger partial charge on any atom is 0.258 e. The minimum absolute atomic E-state index is 0.0459. The second kappa shape index (κ2) is 8.17. The molecule has 3 aromatic rings. The minimum Gasteiger partial charge on any atom is -0.326 e. The molecular formula is C23H26N4O2. The van der Waals surface area contributed by atoms with E-state index in [0.29, 0.717) is 5.39 Å². The van der Waals surface area contributed by atoms with E-state index >= 15 is 0 Å². The van der Waals surface area contributed by atoms with E-state index < -0.39 is 0 Å². The van der Waals surface area contributed by atoms with Crippen molar-refractivity contribution in [3.63, 3.8) is 0 Å². The zero-order chi connectivity index (χ0) is 20.4. The first-order chi connectivity index (χ1) is 14.0. The number of H-pyrrole nitrogens is 1. The first-order valence-electron chi connectivity index (χ1n) is 10.1. The van der Waals surface area contributed by atoms with E-state index in [2.05, 4.69) is 27.3 Å². The largest absolute Gasteiger partial charge is 0.326 e. The fourth-order valence-corrected chi connectivity index (χ4v) is 3.98. The third kappa shape index (κ3) is 4.54. The summed E-state index contributed by atoms with van der Waals surface area (Å²) in [5.41, 5.74) is 3.84. The normalized spacial score (nSPS) is 15.5. The van der Waals surface area contributed by atoms with Gasteiger partial charge in [0.1, 0.15) is 5.82 Å². The summed E-state index contributed by atoms with van der Waals surface area (Å²) < 4.78 is 0. The van der Waals surface area contributed by atoms with Gasteiger partial charge in [0.05, 0.1) is 10.9 Å². The Bertz CT molecular complexity index is 1080. The molecular weight excluding hydrogens is 364 g/mol. The Morgan fingerprint density at radius 2 is 1.90 bits per heavy atom. The van der Waals surface area contributed by atoms with Gasteiger partial charge in [0.15, 0.2) is 0 Å². The Morgan fingerprint density at radius 1 is 1.17 bits per heavy atom. The number of likely N-dealkylation sites (tertiary alicyclic amines) is 1. The first kappa shape index (κ1) is 19.3. The highest BCUT2D eigenvalue weighted by molar-refractivity contribution is 5.88. The van der Waals surface area contributed by atoms with Gasteiger partial charge in [0.2, 0.25) is 5.91 Å². The first-order valence-corrected chi connectivity index (χ1v) is 10.1. The average molecular weight is 390 g/mol. The van der Waals surface area contributed by atoms with Crippen LogP contribution in [0.5, 0.6) is 0 Å². The third-order valence-electron chi connectivity index (χ3n) is 5.53. The van der Waals surface area contributed by atoms with Crippen LogP contribution in [0.2, 0.25) is 0 Å². The van der Waals surface area contributed by atoms with Crippen LogP contribution in [0.4, 0.5) is 5.69 Å². The number of nitrogens with zero attached hydrogens (tertiary/aromatic N) is 2. The summed E-state index contributed by atoms with van der Waals surface area (Å²) in [5, 5.41) is 3.45.